The van der Waals surface area contributed by atoms with E-state index in [0.29, 0.717) is 17.7 Å². The topological polar surface area (TPSA) is 107 Å². The molecule has 154 valence electrons. The first kappa shape index (κ1) is 19.2. The van der Waals surface area contributed by atoms with Crippen molar-refractivity contribution in [3.05, 3.63) is 111 Å². The summed E-state index contributed by atoms with van der Waals surface area (Å²) in [5.41, 5.74) is 3.20. The van der Waals surface area contributed by atoms with E-state index in [0.717, 1.165) is 22.0 Å². The molecular weight excluding hydrogens is 406 g/mol. The molecule has 32 heavy (non-hydrogen) atoms. The van der Waals surface area contributed by atoms with Crippen LogP contribution in [-0.2, 0) is 6.54 Å². The summed E-state index contributed by atoms with van der Waals surface area (Å²) < 4.78 is 3.52. The van der Waals surface area contributed by atoms with E-state index in [1.807, 2.05) is 42.5 Å². The Kier molecular flexibility index (Phi) is 4.49. The summed E-state index contributed by atoms with van der Waals surface area (Å²) in [6.07, 6.45) is 3.44. The number of non-ortho nitro benzene ring substituents is 1. The van der Waals surface area contributed by atoms with Gasteiger partial charge in [0.25, 0.3) is 11.2 Å². The average Bonchev–Trinajstić information content (AvgIpc) is 3.12. The van der Waals surface area contributed by atoms with E-state index in [1.165, 1.54) is 28.8 Å². The number of nitro groups is 1. The van der Waals surface area contributed by atoms with Gasteiger partial charge in [-0.1, -0.05) is 18.2 Å². The Labute approximate surface area is 181 Å². The summed E-state index contributed by atoms with van der Waals surface area (Å²) in [7, 11) is 0. The van der Waals surface area contributed by atoms with Crippen molar-refractivity contribution in [2.24, 2.45) is 0 Å². The molecule has 8 heteroatoms. The summed E-state index contributed by atoms with van der Waals surface area (Å²) >= 11 is 0. The van der Waals surface area contributed by atoms with Crippen LogP contribution in [0.2, 0.25) is 0 Å². The molecule has 0 unspecified atom stereocenters. The second-order valence-electron chi connectivity index (χ2n) is 7.28. The van der Waals surface area contributed by atoms with E-state index in [9.17, 15) is 20.2 Å². The fourth-order valence-electron chi connectivity index (χ4n) is 4.00. The fraction of sp³-hybridized carbons (Fsp3) is 0.0417. The van der Waals surface area contributed by atoms with Gasteiger partial charge in [0.2, 0.25) is 0 Å². The van der Waals surface area contributed by atoms with Crippen LogP contribution in [0, 0.1) is 21.4 Å². The Morgan fingerprint density at radius 2 is 1.72 bits per heavy atom. The molecule has 0 aliphatic heterocycles. The maximum absolute atomic E-state index is 13.2. The first-order valence-electron chi connectivity index (χ1n) is 9.79. The Morgan fingerprint density at radius 1 is 1.00 bits per heavy atom. The van der Waals surface area contributed by atoms with E-state index >= 15 is 0 Å². The lowest BCUT2D eigenvalue weighted by Crippen LogP contribution is -2.21. The number of rotatable bonds is 4. The summed E-state index contributed by atoms with van der Waals surface area (Å²) in [5, 5.41) is 21.6. The number of fused-ring (bicyclic) bond motifs is 3. The number of aromatic nitrogens is 3. The second-order valence-corrected chi connectivity index (χ2v) is 7.28. The van der Waals surface area contributed by atoms with Crippen LogP contribution in [0.25, 0.3) is 27.6 Å². The van der Waals surface area contributed by atoms with Crippen LogP contribution in [0.5, 0.6) is 0 Å². The van der Waals surface area contributed by atoms with Crippen molar-refractivity contribution in [3.8, 4) is 11.8 Å². The van der Waals surface area contributed by atoms with Gasteiger partial charge in [-0.2, -0.15) is 5.26 Å². The number of nitrogens with zero attached hydrogens (tertiary/aromatic N) is 5. The first-order chi connectivity index (χ1) is 15.6. The van der Waals surface area contributed by atoms with Gasteiger partial charge in [-0.05, 0) is 42.0 Å². The van der Waals surface area contributed by atoms with Crippen LogP contribution in [0.4, 0.5) is 5.69 Å². The zero-order chi connectivity index (χ0) is 22.2. The lowest BCUT2D eigenvalue weighted by atomic mass is 10.2. The zero-order valence-corrected chi connectivity index (χ0v) is 16.7. The molecule has 0 radical (unpaired) electrons. The highest BCUT2D eigenvalue weighted by Gasteiger charge is 2.19. The molecule has 3 aromatic heterocycles. The largest absolute Gasteiger partial charge is 0.335 e. The van der Waals surface area contributed by atoms with E-state index < -0.39 is 10.5 Å². The van der Waals surface area contributed by atoms with Crippen molar-refractivity contribution in [2.45, 2.75) is 6.54 Å². The molecular formula is C24H15N5O3. The molecule has 3 heterocycles. The van der Waals surface area contributed by atoms with Crippen molar-refractivity contribution in [2.75, 3.05) is 0 Å². The van der Waals surface area contributed by atoms with Crippen molar-refractivity contribution in [1.82, 2.24) is 14.1 Å². The molecule has 0 aliphatic rings. The highest BCUT2D eigenvalue weighted by atomic mass is 16.6. The lowest BCUT2D eigenvalue weighted by molar-refractivity contribution is -0.384. The highest BCUT2D eigenvalue weighted by molar-refractivity contribution is 6.07. The van der Waals surface area contributed by atoms with Crippen LogP contribution in [0.3, 0.4) is 0 Å². The van der Waals surface area contributed by atoms with Crippen molar-refractivity contribution in [3.63, 3.8) is 0 Å². The van der Waals surface area contributed by atoms with Gasteiger partial charge in [0.1, 0.15) is 11.6 Å². The molecule has 0 N–H and O–H groups in total. The zero-order valence-electron chi connectivity index (χ0n) is 16.7. The van der Waals surface area contributed by atoms with Gasteiger partial charge in [-0.3, -0.25) is 24.5 Å². The van der Waals surface area contributed by atoms with Crippen molar-refractivity contribution < 1.29 is 4.92 Å². The molecule has 0 amide bonds. The minimum Gasteiger partial charge on any atom is -0.335 e. The number of hydrogen-bond donors (Lipinski definition) is 0. The fourth-order valence-corrected chi connectivity index (χ4v) is 4.00. The molecule has 0 spiro atoms. The van der Waals surface area contributed by atoms with E-state index in [-0.39, 0.29) is 11.3 Å². The Bertz CT molecular complexity index is 1590. The lowest BCUT2D eigenvalue weighted by Gasteiger charge is -2.11. The third kappa shape index (κ3) is 3.00. The molecule has 0 saturated carbocycles. The summed E-state index contributed by atoms with van der Waals surface area (Å²) in [5.74, 6) is 0. The van der Waals surface area contributed by atoms with Crippen molar-refractivity contribution >= 4 is 27.6 Å². The van der Waals surface area contributed by atoms with Gasteiger partial charge in [0.15, 0.2) is 0 Å². The number of nitro benzene ring substituents is 1. The maximum Gasteiger partial charge on any atom is 0.273 e. The molecule has 0 bridgehead atoms. The summed E-state index contributed by atoms with van der Waals surface area (Å²) in [6, 6.07) is 20.9. The molecule has 0 aliphatic carbocycles. The van der Waals surface area contributed by atoms with E-state index in [4.69, 9.17) is 0 Å². The summed E-state index contributed by atoms with van der Waals surface area (Å²) in [4.78, 5) is 27.9. The molecule has 5 aromatic rings. The van der Waals surface area contributed by atoms with Crippen LogP contribution in [-0.4, -0.2) is 19.0 Å². The van der Waals surface area contributed by atoms with Crippen LogP contribution in [0.1, 0.15) is 11.1 Å². The number of hydrogen-bond acceptors (Lipinski definition) is 5. The Morgan fingerprint density at radius 3 is 2.41 bits per heavy atom. The minimum absolute atomic E-state index is 0.00497. The highest BCUT2D eigenvalue weighted by Crippen LogP contribution is 2.31. The minimum atomic E-state index is -0.492. The first-order valence-corrected chi connectivity index (χ1v) is 9.79. The number of para-hydroxylation sites is 1. The molecule has 5 rings (SSSR count). The monoisotopic (exact) mass is 421 g/mol. The SMILES string of the molecule is N#Cc1cc2c(c3ccccc3n2Cc2ccncc2)n(-c2ccc([N+](=O)[O-])cc2)c1=O. The molecule has 0 fully saturated rings. The molecule has 0 atom stereocenters. The average molecular weight is 421 g/mol. The Hall–Kier alpha value is -4.77. The normalized spacial score (nSPS) is 11.0. The Balaban J connectivity index is 1.88. The standard InChI is InChI=1S/C24H15N5O3/c25-14-17-13-22-23(28(24(17)30)18-5-7-19(8-6-18)29(31)32)20-3-1-2-4-21(20)27(22)15-16-9-11-26-12-10-16/h1-13H,15H2. The quantitative estimate of drug-likeness (QED) is 0.320. The smallest absolute Gasteiger partial charge is 0.273 e. The van der Waals surface area contributed by atoms with Crippen molar-refractivity contribution in [1.29, 1.82) is 5.26 Å². The summed E-state index contributed by atoms with van der Waals surface area (Å²) in [6.45, 7) is 0.524. The predicted molar refractivity (Wildman–Crippen MR) is 120 cm³/mol. The van der Waals surface area contributed by atoms with E-state index in [1.54, 1.807) is 18.5 Å². The van der Waals surface area contributed by atoms with Gasteiger partial charge >= 0.3 is 0 Å². The third-order valence-corrected chi connectivity index (χ3v) is 5.45. The van der Waals surface area contributed by atoms with Gasteiger partial charge in [-0.15, -0.1) is 0 Å². The van der Waals surface area contributed by atoms with Gasteiger partial charge in [0, 0.05) is 42.1 Å². The molecule has 8 nitrogen and oxygen atoms in total. The van der Waals surface area contributed by atoms with Crippen LogP contribution >= 0.6 is 0 Å². The molecule has 2 aromatic carbocycles. The number of pyridine rings is 2. The third-order valence-electron chi connectivity index (χ3n) is 5.45. The number of nitriles is 1. The maximum atomic E-state index is 13.2. The van der Waals surface area contributed by atoms with Crippen LogP contribution < -0.4 is 5.56 Å². The number of benzene rings is 2. The van der Waals surface area contributed by atoms with Gasteiger partial charge < -0.3 is 4.57 Å². The predicted octanol–water partition coefficient (Wildman–Crippen LogP) is 4.17. The van der Waals surface area contributed by atoms with E-state index in [2.05, 4.69) is 9.55 Å². The molecule has 0 saturated heterocycles. The van der Waals surface area contributed by atoms with Gasteiger partial charge in [-0.25, -0.2) is 0 Å². The van der Waals surface area contributed by atoms with Crippen LogP contribution in [0.15, 0.2) is 83.9 Å². The van der Waals surface area contributed by atoms with Gasteiger partial charge in [0.05, 0.1) is 21.5 Å². The second kappa shape index (κ2) is 7.49.